The SMILES string of the molecule is FC(F)(F)c1ccnc(NCCN2CCCc3ccccc32)n1. The molecule has 1 aliphatic heterocycles. The average molecular weight is 322 g/mol. The zero-order valence-electron chi connectivity index (χ0n) is 12.5. The van der Waals surface area contributed by atoms with E-state index in [2.05, 4.69) is 32.3 Å². The Labute approximate surface area is 132 Å². The summed E-state index contributed by atoms with van der Waals surface area (Å²) in [6.07, 6.45) is -1.19. The fourth-order valence-electron chi connectivity index (χ4n) is 2.75. The van der Waals surface area contributed by atoms with Crippen LogP contribution in [-0.2, 0) is 12.6 Å². The van der Waals surface area contributed by atoms with Crippen molar-refractivity contribution in [2.75, 3.05) is 29.9 Å². The lowest BCUT2D eigenvalue weighted by Gasteiger charge is -2.31. The third-order valence-corrected chi connectivity index (χ3v) is 3.82. The van der Waals surface area contributed by atoms with Gasteiger partial charge in [-0.3, -0.25) is 0 Å². The first-order valence-corrected chi connectivity index (χ1v) is 7.51. The van der Waals surface area contributed by atoms with Crippen molar-refractivity contribution in [2.24, 2.45) is 0 Å². The minimum Gasteiger partial charge on any atom is -0.370 e. The zero-order chi connectivity index (χ0) is 16.3. The van der Waals surface area contributed by atoms with E-state index >= 15 is 0 Å². The predicted molar refractivity (Wildman–Crippen MR) is 82.5 cm³/mol. The molecule has 7 heteroatoms. The van der Waals surface area contributed by atoms with E-state index in [0.717, 1.165) is 31.6 Å². The summed E-state index contributed by atoms with van der Waals surface area (Å²) >= 11 is 0. The van der Waals surface area contributed by atoms with Crippen molar-refractivity contribution < 1.29 is 13.2 Å². The summed E-state index contributed by atoms with van der Waals surface area (Å²) in [5.41, 5.74) is 1.58. The second-order valence-electron chi connectivity index (χ2n) is 5.41. The first-order valence-electron chi connectivity index (χ1n) is 7.51. The number of alkyl halides is 3. The van der Waals surface area contributed by atoms with Gasteiger partial charge in [-0.05, 0) is 30.5 Å². The lowest BCUT2D eigenvalue weighted by Crippen LogP contribution is -2.33. The normalized spacial score (nSPS) is 14.5. The molecule has 0 unspecified atom stereocenters. The number of aromatic nitrogens is 2. The summed E-state index contributed by atoms with van der Waals surface area (Å²) in [6.45, 7) is 2.12. The van der Waals surface area contributed by atoms with Crippen molar-refractivity contribution in [1.29, 1.82) is 0 Å². The van der Waals surface area contributed by atoms with E-state index in [-0.39, 0.29) is 5.95 Å². The predicted octanol–water partition coefficient (Wildman–Crippen LogP) is 3.36. The van der Waals surface area contributed by atoms with E-state index in [4.69, 9.17) is 0 Å². The smallest absolute Gasteiger partial charge is 0.370 e. The Hall–Kier alpha value is -2.31. The molecular weight excluding hydrogens is 305 g/mol. The van der Waals surface area contributed by atoms with Crippen LogP contribution in [0.25, 0.3) is 0 Å². The van der Waals surface area contributed by atoms with E-state index in [1.54, 1.807) is 0 Å². The van der Waals surface area contributed by atoms with Crippen molar-refractivity contribution in [3.8, 4) is 0 Å². The van der Waals surface area contributed by atoms with Crippen LogP contribution in [0.5, 0.6) is 0 Å². The van der Waals surface area contributed by atoms with Gasteiger partial charge in [0.1, 0.15) is 5.69 Å². The quantitative estimate of drug-likeness (QED) is 0.937. The molecular formula is C16H17F3N4. The fourth-order valence-corrected chi connectivity index (χ4v) is 2.75. The molecule has 2 aromatic rings. The first-order chi connectivity index (χ1) is 11.0. The maximum absolute atomic E-state index is 12.6. The number of fused-ring (bicyclic) bond motifs is 1. The molecule has 1 aliphatic rings. The average Bonchev–Trinajstić information content (AvgIpc) is 2.55. The third-order valence-electron chi connectivity index (χ3n) is 3.82. The summed E-state index contributed by atoms with van der Waals surface area (Å²) in [6, 6.07) is 9.09. The standard InChI is InChI=1S/C16H17F3N4/c17-16(18,19)14-7-8-20-15(22-14)21-9-11-23-10-3-5-12-4-1-2-6-13(12)23/h1-2,4,6-8H,3,5,9-11H2,(H,20,21,22). The van der Waals surface area contributed by atoms with Crippen LogP contribution in [-0.4, -0.2) is 29.6 Å². The van der Waals surface area contributed by atoms with Gasteiger partial charge in [0.25, 0.3) is 0 Å². The summed E-state index contributed by atoms with van der Waals surface area (Å²) in [5.74, 6) is 0.00474. The number of rotatable bonds is 4. The number of hydrogen-bond acceptors (Lipinski definition) is 4. The van der Waals surface area contributed by atoms with Crippen molar-refractivity contribution in [2.45, 2.75) is 19.0 Å². The van der Waals surface area contributed by atoms with Gasteiger partial charge in [0.2, 0.25) is 5.95 Å². The lowest BCUT2D eigenvalue weighted by atomic mass is 10.0. The van der Waals surface area contributed by atoms with Crippen molar-refractivity contribution in [1.82, 2.24) is 9.97 Å². The van der Waals surface area contributed by atoms with Crippen LogP contribution in [0, 0.1) is 0 Å². The molecule has 122 valence electrons. The Morgan fingerprint density at radius 3 is 2.83 bits per heavy atom. The molecule has 0 amide bonds. The number of halogens is 3. The van der Waals surface area contributed by atoms with Crippen LogP contribution in [0.3, 0.4) is 0 Å². The Kier molecular flexibility index (Phi) is 4.36. The van der Waals surface area contributed by atoms with Gasteiger partial charge < -0.3 is 10.2 Å². The van der Waals surface area contributed by atoms with Gasteiger partial charge in [-0.25, -0.2) is 9.97 Å². The van der Waals surface area contributed by atoms with Gasteiger partial charge in [0.15, 0.2) is 0 Å². The molecule has 0 saturated carbocycles. The van der Waals surface area contributed by atoms with Crippen LogP contribution in [0.2, 0.25) is 0 Å². The van der Waals surface area contributed by atoms with Crippen molar-refractivity contribution in [3.05, 3.63) is 47.8 Å². The van der Waals surface area contributed by atoms with E-state index in [1.165, 1.54) is 11.3 Å². The van der Waals surface area contributed by atoms with Crippen molar-refractivity contribution in [3.63, 3.8) is 0 Å². The summed E-state index contributed by atoms with van der Waals surface area (Å²) < 4.78 is 37.9. The summed E-state index contributed by atoms with van der Waals surface area (Å²) in [5, 5.41) is 2.87. The van der Waals surface area contributed by atoms with Crippen LogP contribution < -0.4 is 10.2 Å². The Bertz CT molecular complexity index is 672. The molecule has 0 saturated heterocycles. The molecule has 1 N–H and O–H groups in total. The molecule has 0 bridgehead atoms. The molecule has 0 aliphatic carbocycles. The third kappa shape index (κ3) is 3.72. The second-order valence-corrected chi connectivity index (χ2v) is 5.41. The highest BCUT2D eigenvalue weighted by Gasteiger charge is 2.32. The molecule has 3 rings (SSSR count). The van der Waals surface area contributed by atoms with Crippen LogP contribution in [0.1, 0.15) is 17.7 Å². The molecule has 1 aromatic heterocycles. The van der Waals surface area contributed by atoms with Gasteiger partial charge in [-0.2, -0.15) is 13.2 Å². The minimum atomic E-state index is -4.45. The van der Waals surface area contributed by atoms with Gasteiger partial charge in [0.05, 0.1) is 0 Å². The lowest BCUT2D eigenvalue weighted by molar-refractivity contribution is -0.141. The van der Waals surface area contributed by atoms with Crippen LogP contribution >= 0.6 is 0 Å². The number of nitrogens with one attached hydrogen (secondary N) is 1. The number of anilines is 2. The minimum absolute atomic E-state index is 0.00474. The topological polar surface area (TPSA) is 41.1 Å². The van der Waals surface area contributed by atoms with E-state index in [1.807, 2.05) is 12.1 Å². The molecule has 0 spiro atoms. The van der Waals surface area contributed by atoms with E-state index in [9.17, 15) is 13.2 Å². The van der Waals surface area contributed by atoms with Crippen LogP contribution in [0.4, 0.5) is 24.8 Å². The highest BCUT2D eigenvalue weighted by atomic mass is 19.4. The largest absolute Gasteiger partial charge is 0.433 e. The van der Waals surface area contributed by atoms with Crippen LogP contribution in [0.15, 0.2) is 36.5 Å². The van der Waals surface area contributed by atoms with Crippen molar-refractivity contribution >= 4 is 11.6 Å². The number of aryl methyl sites for hydroxylation is 1. The summed E-state index contributed by atoms with van der Waals surface area (Å²) in [7, 11) is 0. The van der Waals surface area contributed by atoms with Gasteiger partial charge in [-0.1, -0.05) is 18.2 Å². The van der Waals surface area contributed by atoms with Gasteiger partial charge in [0, 0.05) is 31.5 Å². The molecule has 0 fully saturated rings. The maximum Gasteiger partial charge on any atom is 0.433 e. The van der Waals surface area contributed by atoms with E-state index in [0.29, 0.717) is 13.1 Å². The zero-order valence-corrected chi connectivity index (χ0v) is 12.5. The monoisotopic (exact) mass is 322 g/mol. The number of para-hydroxylation sites is 1. The first kappa shape index (κ1) is 15.6. The van der Waals surface area contributed by atoms with Gasteiger partial charge >= 0.3 is 6.18 Å². The Morgan fingerprint density at radius 2 is 2.00 bits per heavy atom. The highest BCUT2D eigenvalue weighted by Crippen LogP contribution is 2.28. The van der Waals surface area contributed by atoms with Gasteiger partial charge in [-0.15, -0.1) is 0 Å². The number of nitrogens with zero attached hydrogens (tertiary/aromatic N) is 3. The molecule has 0 radical (unpaired) electrons. The maximum atomic E-state index is 12.6. The second kappa shape index (κ2) is 6.44. The molecule has 23 heavy (non-hydrogen) atoms. The molecule has 1 aromatic carbocycles. The fraction of sp³-hybridized carbons (Fsp3) is 0.375. The molecule has 4 nitrogen and oxygen atoms in total. The molecule has 2 heterocycles. The number of hydrogen-bond donors (Lipinski definition) is 1. The highest BCUT2D eigenvalue weighted by molar-refractivity contribution is 5.55. The Balaban J connectivity index is 1.61. The number of benzene rings is 1. The Morgan fingerprint density at radius 1 is 1.17 bits per heavy atom. The summed E-state index contributed by atoms with van der Waals surface area (Å²) in [4.78, 5) is 9.58. The molecule has 0 atom stereocenters. The van der Waals surface area contributed by atoms with E-state index < -0.39 is 11.9 Å².